The van der Waals surface area contributed by atoms with Gasteiger partial charge in [0.15, 0.2) is 5.13 Å². The number of hydrogen-bond acceptors (Lipinski definition) is 7. The lowest BCUT2D eigenvalue weighted by Crippen LogP contribution is -2.29. The maximum Gasteiger partial charge on any atom is 0.349 e. The van der Waals surface area contributed by atoms with Gasteiger partial charge in [0.05, 0.1) is 10.6 Å². The van der Waals surface area contributed by atoms with E-state index in [2.05, 4.69) is 15.2 Å². The highest BCUT2D eigenvalue weighted by atomic mass is 32.1. The number of nitrogens with one attached hydrogen (secondary N) is 1. The number of halogens is 1. The lowest BCUT2D eigenvalue weighted by Gasteiger charge is -2.11. The monoisotopic (exact) mass is 455 g/mol. The molecule has 1 aliphatic rings. The molecule has 0 radical (unpaired) electrons. The van der Waals surface area contributed by atoms with E-state index in [9.17, 15) is 14.0 Å². The Kier molecular flexibility index (Phi) is 5.24. The van der Waals surface area contributed by atoms with E-state index in [1.54, 1.807) is 12.1 Å². The minimum atomic E-state index is -0.534. The van der Waals surface area contributed by atoms with Gasteiger partial charge in [0.25, 0.3) is 0 Å². The fourth-order valence-electron chi connectivity index (χ4n) is 3.60. The standard InChI is InChI=1S/C21H18FN5O2S2/c22-13-6-1-2-7-14(13)23-16(28)12-27-19-18(25-21(31-19)26-9-3-4-10-26)17(24-20(27)29)15-8-5-11-30-15/h1-2,5-8,11H,3-4,9-10,12H2,(H,23,28). The van der Waals surface area contributed by atoms with Crippen LogP contribution < -0.4 is 15.9 Å². The van der Waals surface area contributed by atoms with Crippen LogP contribution in [0.3, 0.4) is 0 Å². The zero-order valence-corrected chi connectivity index (χ0v) is 18.0. The van der Waals surface area contributed by atoms with Crippen molar-refractivity contribution < 1.29 is 9.18 Å². The third-order valence-corrected chi connectivity index (χ3v) is 7.10. The molecule has 158 valence electrons. The summed E-state index contributed by atoms with van der Waals surface area (Å²) in [5.74, 6) is -1.04. The smallest absolute Gasteiger partial charge is 0.348 e. The molecule has 0 saturated carbocycles. The molecule has 0 atom stereocenters. The molecule has 3 aromatic heterocycles. The Labute approximate surface area is 184 Å². The molecule has 1 N–H and O–H groups in total. The Bertz CT molecular complexity index is 1310. The maximum absolute atomic E-state index is 13.9. The average molecular weight is 456 g/mol. The van der Waals surface area contributed by atoms with E-state index in [-0.39, 0.29) is 12.2 Å². The normalized spacial score (nSPS) is 13.8. The molecule has 31 heavy (non-hydrogen) atoms. The van der Waals surface area contributed by atoms with E-state index in [4.69, 9.17) is 4.98 Å². The second-order valence-corrected chi connectivity index (χ2v) is 9.08. The fraction of sp³-hybridized carbons (Fsp3) is 0.238. The first-order chi connectivity index (χ1) is 15.1. The summed E-state index contributed by atoms with van der Waals surface area (Å²) < 4.78 is 15.2. The summed E-state index contributed by atoms with van der Waals surface area (Å²) in [6.45, 7) is 1.56. The van der Waals surface area contributed by atoms with Crippen molar-refractivity contribution in [1.29, 1.82) is 0 Å². The van der Waals surface area contributed by atoms with Gasteiger partial charge in [-0.3, -0.25) is 9.36 Å². The fourth-order valence-corrected chi connectivity index (χ4v) is 5.43. The van der Waals surface area contributed by atoms with Crippen LogP contribution in [0.4, 0.5) is 15.2 Å². The number of anilines is 2. The molecule has 1 fully saturated rings. The summed E-state index contributed by atoms with van der Waals surface area (Å²) in [5, 5.41) is 5.27. The van der Waals surface area contributed by atoms with Gasteiger partial charge in [-0.2, -0.15) is 4.98 Å². The van der Waals surface area contributed by atoms with E-state index in [1.807, 2.05) is 17.5 Å². The van der Waals surface area contributed by atoms with Crippen molar-refractivity contribution in [3.8, 4) is 10.6 Å². The van der Waals surface area contributed by atoms with Gasteiger partial charge in [-0.05, 0) is 36.4 Å². The Morgan fingerprint density at radius 2 is 1.94 bits per heavy atom. The van der Waals surface area contributed by atoms with Crippen LogP contribution in [-0.2, 0) is 11.3 Å². The molecule has 5 rings (SSSR count). The number of amides is 1. The van der Waals surface area contributed by atoms with Crippen LogP contribution in [0.25, 0.3) is 20.9 Å². The molecule has 7 nitrogen and oxygen atoms in total. The first kappa shape index (κ1) is 19.8. The lowest BCUT2D eigenvalue weighted by atomic mass is 10.3. The van der Waals surface area contributed by atoms with Crippen molar-refractivity contribution in [3.63, 3.8) is 0 Å². The third kappa shape index (κ3) is 3.84. The summed E-state index contributed by atoms with van der Waals surface area (Å²) in [7, 11) is 0. The molecular weight excluding hydrogens is 437 g/mol. The Balaban J connectivity index is 1.56. The SMILES string of the molecule is O=C(Cn1c(=O)nc(-c2cccs2)c2nc(N3CCCC3)sc21)Nc1ccccc1F. The van der Waals surface area contributed by atoms with Gasteiger partial charge < -0.3 is 10.2 Å². The molecule has 1 aromatic carbocycles. The highest BCUT2D eigenvalue weighted by Crippen LogP contribution is 2.35. The molecule has 1 amide bonds. The largest absolute Gasteiger partial charge is 0.349 e. The number of hydrogen-bond donors (Lipinski definition) is 1. The number of carbonyl (C=O) groups excluding carboxylic acids is 1. The molecule has 4 aromatic rings. The van der Waals surface area contributed by atoms with Crippen molar-refractivity contribution in [1.82, 2.24) is 14.5 Å². The number of benzene rings is 1. The number of aromatic nitrogens is 3. The molecule has 4 heterocycles. The number of carbonyl (C=O) groups is 1. The highest BCUT2D eigenvalue weighted by molar-refractivity contribution is 7.22. The molecule has 0 spiro atoms. The van der Waals surface area contributed by atoms with E-state index >= 15 is 0 Å². The van der Waals surface area contributed by atoms with Crippen molar-refractivity contribution in [3.05, 3.63) is 58.1 Å². The van der Waals surface area contributed by atoms with E-state index in [1.165, 1.54) is 39.4 Å². The number of rotatable bonds is 5. The van der Waals surface area contributed by atoms with Gasteiger partial charge in [0, 0.05) is 13.1 Å². The van der Waals surface area contributed by atoms with E-state index < -0.39 is 17.4 Å². The zero-order chi connectivity index (χ0) is 21.4. The van der Waals surface area contributed by atoms with Gasteiger partial charge in [0.1, 0.15) is 28.4 Å². The Morgan fingerprint density at radius 3 is 2.68 bits per heavy atom. The van der Waals surface area contributed by atoms with Crippen LogP contribution in [0.1, 0.15) is 12.8 Å². The molecule has 0 aliphatic carbocycles. The van der Waals surface area contributed by atoms with E-state index in [0.717, 1.165) is 35.9 Å². The summed E-state index contributed by atoms with van der Waals surface area (Å²) in [6.07, 6.45) is 2.20. The Morgan fingerprint density at radius 1 is 1.13 bits per heavy atom. The first-order valence-electron chi connectivity index (χ1n) is 9.85. The number of thiazole rings is 1. The van der Waals surface area contributed by atoms with Crippen LogP contribution in [0, 0.1) is 5.82 Å². The molecule has 1 aliphatic heterocycles. The summed E-state index contributed by atoms with van der Waals surface area (Å²) >= 11 is 2.87. The van der Waals surface area contributed by atoms with E-state index in [0.29, 0.717) is 16.0 Å². The van der Waals surface area contributed by atoms with Gasteiger partial charge in [-0.15, -0.1) is 11.3 Å². The predicted octanol–water partition coefficient (Wildman–Crippen LogP) is 3.96. The minimum Gasteiger partial charge on any atom is -0.348 e. The first-order valence-corrected chi connectivity index (χ1v) is 11.5. The molecule has 10 heteroatoms. The second-order valence-electron chi connectivity index (χ2n) is 7.18. The summed E-state index contributed by atoms with van der Waals surface area (Å²) in [5.41, 5.74) is 0.674. The number of nitrogens with zero attached hydrogens (tertiary/aromatic N) is 4. The van der Waals surface area contributed by atoms with Gasteiger partial charge in [0.2, 0.25) is 5.91 Å². The van der Waals surface area contributed by atoms with Gasteiger partial charge >= 0.3 is 5.69 Å². The molecular formula is C21H18FN5O2S2. The number of para-hydroxylation sites is 1. The number of thiophene rings is 1. The van der Waals surface area contributed by atoms with Crippen molar-refractivity contribution in [2.45, 2.75) is 19.4 Å². The topological polar surface area (TPSA) is 80.1 Å². The van der Waals surface area contributed by atoms with Crippen molar-refractivity contribution >= 4 is 49.7 Å². The molecule has 0 bridgehead atoms. The molecule has 0 unspecified atom stereocenters. The highest BCUT2D eigenvalue weighted by Gasteiger charge is 2.23. The molecule has 1 saturated heterocycles. The quantitative estimate of drug-likeness (QED) is 0.493. The van der Waals surface area contributed by atoms with Crippen molar-refractivity contribution in [2.24, 2.45) is 0 Å². The van der Waals surface area contributed by atoms with Crippen LogP contribution >= 0.6 is 22.7 Å². The van der Waals surface area contributed by atoms with Crippen molar-refractivity contribution in [2.75, 3.05) is 23.3 Å². The van der Waals surface area contributed by atoms with Crippen LogP contribution in [0.2, 0.25) is 0 Å². The summed E-state index contributed by atoms with van der Waals surface area (Å²) in [4.78, 5) is 38.2. The lowest BCUT2D eigenvalue weighted by molar-refractivity contribution is -0.116. The third-order valence-electron chi connectivity index (χ3n) is 5.09. The second kappa shape index (κ2) is 8.20. The van der Waals surface area contributed by atoms with Crippen LogP contribution in [0.5, 0.6) is 0 Å². The maximum atomic E-state index is 13.9. The van der Waals surface area contributed by atoms with Gasteiger partial charge in [-0.25, -0.2) is 14.2 Å². The number of fused-ring (bicyclic) bond motifs is 1. The Hall–Kier alpha value is -3.11. The summed E-state index contributed by atoms with van der Waals surface area (Å²) in [6, 6.07) is 9.71. The minimum absolute atomic E-state index is 0.0713. The van der Waals surface area contributed by atoms with Gasteiger partial charge in [-0.1, -0.05) is 29.5 Å². The van der Waals surface area contributed by atoms with Crippen LogP contribution in [-0.4, -0.2) is 33.5 Å². The zero-order valence-electron chi connectivity index (χ0n) is 16.4. The van der Waals surface area contributed by atoms with Crippen LogP contribution in [0.15, 0.2) is 46.6 Å². The predicted molar refractivity (Wildman–Crippen MR) is 121 cm³/mol. The average Bonchev–Trinajstić information content (AvgIpc) is 3.53.